The van der Waals surface area contributed by atoms with Crippen LogP contribution in [0.15, 0.2) is 39.6 Å². The molecule has 1 amide bonds. The summed E-state index contributed by atoms with van der Waals surface area (Å²) in [5, 5.41) is 2.73. The van der Waals surface area contributed by atoms with Crippen molar-refractivity contribution in [1.82, 2.24) is 9.56 Å². The van der Waals surface area contributed by atoms with Crippen LogP contribution in [0.5, 0.6) is 5.75 Å². The molecule has 1 aromatic carbocycles. The molecule has 24 heavy (non-hydrogen) atoms. The number of aromatic nitrogens is 2. The number of nitrogens with zero attached hydrogens (tertiary/aromatic N) is 2. The van der Waals surface area contributed by atoms with Crippen LogP contribution in [-0.4, -0.2) is 15.5 Å². The summed E-state index contributed by atoms with van der Waals surface area (Å²) in [5.41, 5.74) is 2.19. The van der Waals surface area contributed by atoms with Gasteiger partial charge in [0.15, 0.2) is 5.65 Å². The standard InChI is InChI=1S/C17H17N3O4/c1-10-4-5-15(14(6-10)18-12(3)21)23-9-13-8-17(22)20-16(19-13)7-11(2)24-20/h4-8H,9H2,1-3H3,(H,18,21). The molecule has 124 valence electrons. The van der Waals surface area contributed by atoms with Crippen LogP contribution in [0.4, 0.5) is 5.69 Å². The quantitative estimate of drug-likeness (QED) is 0.795. The van der Waals surface area contributed by atoms with E-state index < -0.39 is 0 Å². The fraction of sp³-hybridized carbons (Fsp3) is 0.235. The molecule has 0 aliphatic heterocycles. The summed E-state index contributed by atoms with van der Waals surface area (Å²) >= 11 is 0. The van der Waals surface area contributed by atoms with Gasteiger partial charge in [-0.05, 0) is 31.5 Å². The van der Waals surface area contributed by atoms with E-state index >= 15 is 0 Å². The van der Waals surface area contributed by atoms with Gasteiger partial charge in [-0.1, -0.05) is 6.07 Å². The summed E-state index contributed by atoms with van der Waals surface area (Å²) in [5.74, 6) is 0.933. The third-order valence-electron chi connectivity index (χ3n) is 3.35. The number of aryl methyl sites for hydroxylation is 2. The highest BCUT2D eigenvalue weighted by Gasteiger charge is 2.10. The molecule has 2 aromatic heterocycles. The Morgan fingerprint density at radius 3 is 2.83 bits per heavy atom. The lowest BCUT2D eigenvalue weighted by Crippen LogP contribution is -2.14. The van der Waals surface area contributed by atoms with E-state index in [1.165, 1.54) is 13.0 Å². The van der Waals surface area contributed by atoms with Crippen LogP contribution in [0.25, 0.3) is 5.65 Å². The van der Waals surface area contributed by atoms with Crippen molar-refractivity contribution in [3.05, 3.63) is 57.7 Å². The molecular weight excluding hydrogens is 310 g/mol. The highest BCUT2D eigenvalue weighted by atomic mass is 16.5. The van der Waals surface area contributed by atoms with Crippen LogP contribution in [0.1, 0.15) is 23.9 Å². The fourth-order valence-electron chi connectivity index (χ4n) is 2.36. The zero-order chi connectivity index (χ0) is 17.3. The number of carbonyl (C=O) groups excluding carboxylic acids is 1. The molecule has 0 saturated heterocycles. The van der Waals surface area contributed by atoms with Gasteiger partial charge in [0, 0.05) is 19.1 Å². The third-order valence-corrected chi connectivity index (χ3v) is 3.35. The maximum Gasteiger partial charge on any atom is 0.287 e. The number of nitrogens with one attached hydrogen (secondary N) is 1. The van der Waals surface area contributed by atoms with Crippen molar-refractivity contribution in [2.75, 3.05) is 5.32 Å². The number of amides is 1. The van der Waals surface area contributed by atoms with Crippen LogP contribution in [0, 0.1) is 13.8 Å². The van der Waals surface area contributed by atoms with Gasteiger partial charge in [-0.3, -0.25) is 9.59 Å². The number of fused-ring (bicyclic) bond motifs is 1. The number of ether oxygens (including phenoxy) is 1. The number of carbonyl (C=O) groups is 1. The van der Waals surface area contributed by atoms with Crippen LogP contribution in [-0.2, 0) is 11.4 Å². The van der Waals surface area contributed by atoms with E-state index in [9.17, 15) is 9.59 Å². The Balaban J connectivity index is 1.85. The van der Waals surface area contributed by atoms with E-state index in [2.05, 4.69) is 10.3 Å². The number of rotatable bonds is 4. The van der Waals surface area contributed by atoms with Gasteiger partial charge in [-0.15, -0.1) is 4.57 Å². The summed E-state index contributed by atoms with van der Waals surface area (Å²) < 4.78 is 12.1. The largest absolute Gasteiger partial charge is 0.485 e. The molecule has 7 heteroatoms. The van der Waals surface area contributed by atoms with Crippen molar-refractivity contribution in [1.29, 1.82) is 0 Å². The molecule has 0 radical (unpaired) electrons. The predicted octanol–water partition coefficient (Wildman–Crippen LogP) is 2.44. The SMILES string of the molecule is CC(=O)Nc1cc(C)ccc1OCc1cc(=O)n2oc(C)cc2n1. The first-order chi connectivity index (χ1) is 11.4. The molecule has 3 aromatic rings. The van der Waals surface area contributed by atoms with Gasteiger partial charge >= 0.3 is 0 Å². The lowest BCUT2D eigenvalue weighted by Gasteiger charge is -2.12. The zero-order valence-corrected chi connectivity index (χ0v) is 13.6. The maximum atomic E-state index is 12.0. The Morgan fingerprint density at radius 2 is 2.08 bits per heavy atom. The highest BCUT2D eigenvalue weighted by molar-refractivity contribution is 5.90. The Bertz CT molecular complexity index is 972. The van der Waals surface area contributed by atoms with Gasteiger partial charge in [0.05, 0.1) is 11.4 Å². The summed E-state index contributed by atoms with van der Waals surface area (Å²) in [6.45, 7) is 5.21. The molecule has 7 nitrogen and oxygen atoms in total. The fourth-order valence-corrected chi connectivity index (χ4v) is 2.36. The predicted molar refractivity (Wildman–Crippen MR) is 88.3 cm³/mol. The van der Waals surface area contributed by atoms with Crippen LogP contribution >= 0.6 is 0 Å². The molecule has 0 atom stereocenters. The van der Waals surface area contributed by atoms with Crippen LogP contribution < -0.4 is 15.6 Å². The Morgan fingerprint density at radius 1 is 1.29 bits per heavy atom. The van der Waals surface area contributed by atoms with Gasteiger partial charge in [-0.25, -0.2) is 4.98 Å². The van der Waals surface area contributed by atoms with E-state index in [0.717, 1.165) is 10.1 Å². The minimum atomic E-state index is -0.308. The lowest BCUT2D eigenvalue weighted by molar-refractivity contribution is -0.114. The smallest absolute Gasteiger partial charge is 0.287 e. The molecule has 0 aliphatic rings. The number of anilines is 1. The van der Waals surface area contributed by atoms with E-state index in [-0.39, 0.29) is 18.1 Å². The Kier molecular flexibility index (Phi) is 4.07. The second-order valence-electron chi connectivity index (χ2n) is 5.55. The first-order valence-corrected chi connectivity index (χ1v) is 7.43. The summed E-state index contributed by atoms with van der Waals surface area (Å²) in [7, 11) is 0. The first-order valence-electron chi connectivity index (χ1n) is 7.43. The Labute approximate surface area is 137 Å². The minimum Gasteiger partial charge on any atom is -0.485 e. The molecule has 3 rings (SSSR count). The monoisotopic (exact) mass is 327 g/mol. The summed E-state index contributed by atoms with van der Waals surface area (Å²) in [6.07, 6.45) is 0. The second kappa shape index (κ2) is 6.19. The highest BCUT2D eigenvalue weighted by Crippen LogP contribution is 2.26. The molecule has 0 bridgehead atoms. The van der Waals surface area contributed by atoms with Crippen LogP contribution in [0.3, 0.4) is 0 Å². The number of hydrogen-bond donors (Lipinski definition) is 1. The van der Waals surface area contributed by atoms with Crippen molar-refractivity contribution < 1.29 is 14.1 Å². The van der Waals surface area contributed by atoms with E-state index in [0.29, 0.717) is 28.5 Å². The minimum absolute atomic E-state index is 0.103. The van der Waals surface area contributed by atoms with Crippen molar-refractivity contribution in [2.24, 2.45) is 0 Å². The van der Waals surface area contributed by atoms with Crippen molar-refractivity contribution in [2.45, 2.75) is 27.4 Å². The average molecular weight is 327 g/mol. The van der Waals surface area contributed by atoms with Gasteiger partial charge in [0.2, 0.25) is 5.91 Å². The van der Waals surface area contributed by atoms with Crippen molar-refractivity contribution in [3.8, 4) is 5.75 Å². The average Bonchev–Trinajstić information content (AvgIpc) is 2.87. The summed E-state index contributed by atoms with van der Waals surface area (Å²) in [6, 6.07) is 8.52. The molecule has 0 saturated carbocycles. The van der Waals surface area contributed by atoms with Gasteiger partial charge in [0.1, 0.15) is 18.1 Å². The van der Waals surface area contributed by atoms with Crippen molar-refractivity contribution >= 4 is 17.2 Å². The molecule has 1 N–H and O–H groups in total. The second-order valence-corrected chi connectivity index (χ2v) is 5.55. The van der Waals surface area contributed by atoms with E-state index in [1.807, 2.05) is 19.1 Å². The van der Waals surface area contributed by atoms with Crippen LogP contribution in [0.2, 0.25) is 0 Å². The third kappa shape index (κ3) is 3.29. The number of benzene rings is 1. The van der Waals surface area contributed by atoms with Crippen molar-refractivity contribution in [3.63, 3.8) is 0 Å². The lowest BCUT2D eigenvalue weighted by atomic mass is 10.2. The zero-order valence-electron chi connectivity index (χ0n) is 13.6. The van der Waals surface area contributed by atoms with Gasteiger partial charge in [0.25, 0.3) is 5.56 Å². The summed E-state index contributed by atoms with van der Waals surface area (Å²) in [4.78, 5) is 27.6. The van der Waals surface area contributed by atoms with Gasteiger partial charge in [-0.2, -0.15) is 0 Å². The molecule has 0 spiro atoms. The Hall–Kier alpha value is -3.09. The first kappa shape index (κ1) is 15.8. The molecule has 2 heterocycles. The number of hydrogen-bond acceptors (Lipinski definition) is 5. The molecule has 0 fully saturated rings. The maximum absolute atomic E-state index is 12.0. The molecule has 0 aliphatic carbocycles. The normalized spacial score (nSPS) is 10.8. The molecular formula is C17H17N3O4. The van der Waals surface area contributed by atoms with E-state index in [1.54, 1.807) is 19.1 Å². The van der Waals surface area contributed by atoms with Gasteiger partial charge < -0.3 is 14.6 Å². The molecule has 0 unspecified atom stereocenters. The van der Waals surface area contributed by atoms with E-state index in [4.69, 9.17) is 9.26 Å². The topological polar surface area (TPSA) is 85.8 Å².